The summed E-state index contributed by atoms with van der Waals surface area (Å²) >= 11 is 0. The summed E-state index contributed by atoms with van der Waals surface area (Å²) in [5, 5.41) is 3.73. The zero-order chi connectivity index (χ0) is 13.9. The van der Waals surface area contributed by atoms with Crippen molar-refractivity contribution in [2.45, 2.75) is 31.8 Å². The second-order valence-electron chi connectivity index (χ2n) is 4.98. The minimum Gasteiger partial charge on any atom is -0.493 e. The van der Waals surface area contributed by atoms with E-state index in [2.05, 4.69) is 5.16 Å². The third-order valence-corrected chi connectivity index (χ3v) is 3.58. The Morgan fingerprint density at radius 2 is 2.10 bits per heavy atom. The van der Waals surface area contributed by atoms with Crippen LogP contribution in [0.15, 0.2) is 28.8 Å². The third-order valence-electron chi connectivity index (χ3n) is 3.58. The van der Waals surface area contributed by atoms with Gasteiger partial charge in [-0.25, -0.2) is 0 Å². The van der Waals surface area contributed by atoms with E-state index in [-0.39, 0.29) is 6.10 Å². The molecule has 0 atom stereocenters. The van der Waals surface area contributed by atoms with E-state index in [0.29, 0.717) is 23.1 Å². The molecule has 0 radical (unpaired) electrons. The fourth-order valence-electron chi connectivity index (χ4n) is 2.58. The van der Waals surface area contributed by atoms with Crippen LogP contribution in [0.2, 0.25) is 0 Å². The number of methoxy groups -OCH3 is 1. The van der Waals surface area contributed by atoms with Crippen LogP contribution >= 0.6 is 0 Å². The van der Waals surface area contributed by atoms with Crippen molar-refractivity contribution in [1.29, 1.82) is 0 Å². The minimum atomic E-state index is 0.241. The third kappa shape index (κ3) is 2.43. The number of hydrogen-bond donors (Lipinski definition) is 1. The SMILES string of the molecule is COc1cccc(-c2cc(N)no2)c1OC1CCCC1. The molecule has 3 rings (SSSR count). The van der Waals surface area contributed by atoms with Gasteiger partial charge in [-0.2, -0.15) is 0 Å². The van der Waals surface area contributed by atoms with E-state index in [1.54, 1.807) is 13.2 Å². The van der Waals surface area contributed by atoms with Gasteiger partial charge >= 0.3 is 0 Å². The van der Waals surface area contributed by atoms with Crippen molar-refractivity contribution in [3.63, 3.8) is 0 Å². The number of benzene rings is 1. The van der Waals surface area contributed by atoms with Gasteiger partial charge in [0.05, 0.1) is 18.8 Å². The summed E-state index contributed by atoms with van der Waals surface area (Å²) in [6.07, 6.45) is 4.83. The maximum absolute atomic E-state index is 6.14. The molecule has 1 heterocycles. The molecule has 0 amide bonds. The van der Waals surface area contributed by atoms with Crippen LogP contribution in [0.1, 0.15) is 25.7 Å². The van der Waals surface area contributed by atoms with Crippen LogP contribution in [0.5, 0.6) is 11.5 Å². The molecule has 0 spiro atoms. The zero-order valence-electron chi connectivity index (χ0n) is 11.5. The van der Waals surface area contributed by atoms with E-state index in [1.807, 2.05) is 18.2 Å². The Hall–Kier alpha value is -2.17. The molecular formula is C15H18N2O3. The maximum Gasteiger partial charge on any atom is 0.172 e. The standard InChI is InChI=1S/C15H18N2O3/c1-18-12-8-4-7-11(13-9-14(16)17-20-13)15(12)19-10-5-2-3-6-10/h4,7-10H,2-3,5-6H2,1H3,(H2,16,17). The summed E-state index contributed by atoms with van der Waals surface area (Å²) in [5.41, 5.74) is 6.44. The van der Waals surface area contributed by atoms with Gasteiger partial charge in [0.15, 0.2) is 23.1 Å². The predicted molar refractivity (Wildman–Crippen MR) is 75.8 cm³/mol. The van der Waals surface area contributed by atoms with E-state index < -0.39 is 0 Å². The minimum absolute atomic E-state index is 0.241. The van der Waals surface area contributed by atoms with Gasteiger partial charge in [0, 0.05) is 6.07 Å². The average molecular weight is 274 g/mol. The lowest BCUT2D eigenvalue weighted by atomic mass is 10.1. The molecule has 0 aliphatic heterocycles. The fraction of sp³-hybridized carbons (Fsp3) is 0.400. The quantitative estimate of drug-likeness (QED) is 0.926. The van der Waals surface area contributed by atoms with E-state index in [4.69, 9.17) is 19.7 Å². The highest BCUT2D eigenvalue weighted by atomic mass is 16.5. The zero-order valence-corrected chi connectivity index (χ0v) is 11.5. The Balaban J connectivity index is 1.99. The number of rotatable bonds is 4. The molecule has 2 N–H and O–H groups in total. The van der Waals surface area contributed by atoms with Gasteiger partial charge in [-0.1, -0.05) is 11.2 Å². The van der Waals surface area contributed by atoms with Crippen LogP contribution in [0.25, 0.3) is 11.3 Å². The first-order valence-electron chi connectivity index (χ1n) is 6.84. The van der Waals surface area contributed by atoms with Crippen LogP contribution in [0, 0.1) is 0 Å². The molecule has 5 heteroatoms. The number of anilines is 1. The van der Waals surface area contributed by atoms with Gasteiger partial charge in [-0.15, -0.1) is 0 Å². The number of hydrogen-bond acceptors (Lipinski definition) is 5. The van der Waals surface area contributed by atoms with E-state index in [0.717, 1.165) is 18.4 Å². The second-order valence-corrected chi connectivity index (χ2v) is 4.98. The molecule has 1 aromatic heterocycles. The van der Waals surface area contributed by atoms with Crippen LogP contribution in [0.3, 0.4) is 0 Å². The summed E-state index contributed by atoms with van der Waals surface area (Å²) < 4.78 is 16.8. The number of nitrogens with two attached hydrogens (primary N) is 1. The summed E-state index contributed by atoms with van der Waals surface area (Å²) in [5.74, 6) is 2.35. The smallest absolute Gasteiger partial charge is 0.172 e. The number of ether oxygens (including phenoxy) is 2. The second kappa shape index (κ2) is 5.45. The largest absolute Gasteiger partial charge is 0.493 e. The molecule has 1 aliphatic rings. The maximum atomic E-state index is 6.14. The molecule has 0 bridgehead atoms. The average Bonchev–Trinajstić information content (AvgIpc) is 3.11. The molecule has 1 saturated carbocycles. The van der Waals surface area contributed by atoms with Crippen molar-refractivity contribution in [1.82, 2.24) is 5.16 Å². The van der Waals surface area contributed by atoms with Crippen LogP contribution in [-0.2, 0) is 0 Å². The van der Waals surface area contributed by atoms with Crippen molar-refractivity contribution >= 4 is 5.82 Å². The first-order chi connectivity index (χ1) is 9.78. The van der Waals surface area contributed by atoms with E-state index in [1.165, 1.54) is 12.8 Å². The van der Waals surface area contributed by atoms with Crippen molar-refractivity contribution in [3.05, 3.63) is 24.3 Å². The molecule has 0 saturated heterocycles. The normalized spacial score (nSPS) is 15.4. The monoisotopic (exact) mass is 274 g/mol. The lowest BCUT2D eigenvalue weighted by Crippen LogP contribution is -2.12. The number of nitrogens with zero attached hydrogens (tertiary/aromatic N) is 1. The number of para-hydroxylation sites is 1. The van der Waals surface area contributed by atoms with Gasteiger partial charge in [-0.05, 0) is 37.8 Å². The van der Waals surface area contributed by atoms with Gasteiger partial charge in [0.25, 0.3) is 0 Å². The van der Waals surface area contributed by atoms with E-state index in [9.17, 15) is 0 Å². The molecule has 1 fully saturated rings. The van der Waals surface area contributed by atoms with Gasteiger partial charge in [0.1, 0.15) is 0 Å². The molecule has 0 unspecified atom stereocenters. The topological polar surface area (TPSA) is 70.5 Å². The van der Waals surface area contributed by atoms with Crippen molar-refractivity contribution in [3.8, 4) is 22.8 Å². The summed E-state index contributed by atoms with van der Waals surface area (Å²) in [4.78, 5) is 0. The Bertz CT molecular complexity index is 589. The summed E-state index contributed by atoms with van der Waals surface area (Å²) in [6, 6.07) is 7.39. The molecule has 2 aromatic rings. The lowest BCUT2D eigenvalue weighted by Gasteiger charge is -2.18. The molecule has 20 heavy (non-hydrogen) atoms. The number of nitrogen functional groups attached to an aromatic ring is 1. The summed E-state index contributed by atoms with van der Waals surface area (Å²) in [7, 11) is 1.63. The first kappa shape index (κ1) is 12.8. The Morgan fingerprint density at radius 1 is 1.30 bits per heavy atom. The Labute approximate surface area is 117 Å². The van der Waals surface area contributed by atoms with E-state index >= 15 is 0 Å². The van der Waals surface area contributed by atoms with Crippen LogP contribution < -0.4 is 15.2 Å². The summed E-state index contributed by atoms with van der Waals surface area (Å²) in [6.45, 7) is 0. The lowest BCUT2D eigenvalue weighted by molar-refractivity contribution is 0.201. The molecule has 1 aliphatic carbocycles. The number of aromatic nitrogens is 1. The highest BCUT2D eigenvalue weighted by Crippen LogP contribution is 2.40. The molecular weight excluding hydrogens is 256 g/mol. The first-order valence-corrected chi connectivity index (χ1v) is 6.84. The van der Waals surface area contributed by atoms with Crippen LogP contribution in [-0.4, -0.2) is 18.4 Å². The van der Waals surface area contributed by atoms with Gasteiger partial charge < -0.3 is 19.7 Å². The van der Waals surface area contributed by atoms with Crippen molar-refractivity contribution < 1.29 is 14.0 Å². The van der Waals surface area contributed by atoms with Crippen LogP contribution in [0.4, 0.5) is 5.82 Å². The highest BCUT2D eigenvalue weighted by Gasteiger charge is 2.22. The fourth-order valence-corrected chi connectivity index (χ4v) is 2.58. The Morgan fingerprint density at radius 3 is 2.75 bits per heavy atom. The van der Waals surface area contributed by atoms with Gasteiger partial charge in [-0.3, -0.25) is 0 Å². The predicted octanol–water partition coefficient (Wildman–Crippen LogP) is 3.25. The highest BCUT2D eigenvalue weighted by molar-refractivity contribution is 5.71. The van der Waals surface area contributed by atoms with Crippen molar-refractivity contribution in [2.75, 3.05) is 12.8 Å². The molecule has 1 aromatic carbocycles. The molecule has 5 nitrogen and oxygen atoms in total. The molecule has 106 valence electrons. The van der Waals surface area contributed by atoms with Crippen molar-refractivity contribution in [2.24, 2.45) is 0 Å². The van der Waals surface area contributed by atoms with Gasteiger partial charge in [0.2, 0.25) is 0 Å². The Kier molecular flexibility index (Phi) is 3.50.